The van der Waals surface area contributed by atoms with Gasteiger partial charge in [0.15, 0.2) is 0 Å². The second-order valence-electron chi connectivity index (χ2n) is 6.65. The summed E-state index contributed by atoms with van der Waals surface area (Å²) in [5.74, 6) is 0.496. The van der Waals surface area contributed by atoms with Crippen LogP contribution in [0.2, 0.25) is 0 Å². The first-order valence-corrected chi connectivity index (χ1v) is 10.8. The summed E-state index contributed by atoms with van der Waals surface area (Å²) >= 11 is 0. The molecule has 0 aliphatic carbocycles. The van der Waals surface area contributed by atoms with E-state index in [1.54, 1.807) is 32.2 Å². The van der Waals surface area contributed by atoms with Crippen LogP contribution in [0.15, 0.2) is 23.1 Å². The van der Waals surface area contributed by atoms with Crippen LogP contribution in [0.3, 0.4) is 0 Å². The molecule has 0 spiro atoms. The molecule has 1 heterocycles. The Hall–Kier alpha value is -1.64. The van der Waals surface area contributed by atoms with Gasteiger partial charge in [-0.1, -0.05) is 0 Å². The number of rotatable bonds is 9. The standard InChI is InChI=1S/C19H30N2O5S/c1-4-26-13-5-10-20-19(22)16-8-11-21(12-9-16)27(23,24)18-7-6-17(25-3)14-15(18)2/h6-7,14,16H,4-5,8-13H2,1-3H3,(H,20,22). The molecule has 152 valence electrons. The fourth-order valence-corrected chi connectivity index (χ4v) is 4.89. The van der Waals surface area contributed by atoms with Crippen molar-refractivity contribution in [2.45, 2.75) is 38.0 Å². The van der Waals surface area contributed by atoms with Gasteiger partial charge in [-0.25, -0.2) is 8.42 Å². The number of methoxy groups -OCH3 is 1. The first-order chi connectivity index (χ1) is 12.9. The minimum Gasteiger partial charge on any atom is -0.497 e. The Morgan fingerprint density at radius 3 is 2.59 bits per heavy atom. The van der Waals surface area contributed by atoms with E-state index in [9.17, 15) is 13.2 Å². The van der Waals surface area contributed by atoms with E-state index in [-0.39, 0.29) is 11.8 Å². The molecule has 1 saturated heterocycles. The maximum Gasteiger partial charge on any atom is 0.243 e. The van der Waals surface area contributed by atoms with Crippen LogP contribution in [0.25, 0.3) is 0 Å². The van der Waals surface area contributed by atoms with Gasteiger partial charge in [-0.15, -0.1) is 0 Å². The van der Waals surface area contributed by atoms with Gasteiger partial charge in [0.05, 0.1) is 12.0 Å². The minimum absolute atomic E-state index is 0.00387. The van der Waals surface area contributed by atoms with Crippen molar-refractivity contribution in [1.29, 1.82) is 0 Å². The topological polar surface area (TPSA) is 84.9 Å². The smallest absolute Gasteiger partial charge is 0.243 e. The van der Waals surface area contributed by atoms with Crippen molar-refractivity contribution in [2.75, 3.05) is 40.0 Å². The summed E-state index contributed by atoms with van der Waals surface area (Å²) in [5.41, 5.74) is 0.656. The summed E-state index contributed by atoms with van der Waals surface area (Å²) in [6.45, 7) is 6.30. The zero-order valence-electron chi connectivity index (χ0n) is 16.4. The van der Waals surface area contributed by atoms with E-state index in [4.69, 9.17) is 9.47 Å². The Morgan fingerprint density at radius 2 is 2.00 bits per heavy atom. The van der Waals surface area contributed by atoms with Crippen molar-refractivity contribution >= 4 is 15.9 Å². The fraction of sp³-hybridized carbons (Fsp3) is 0.632. The molecule has 1 N–H and O–H groups in total. The van der Waals surface area contributed by atoms with Gasteiger partial charge >= 0.3 is 0 Å². The highest BCUT2D eigenvalue weighted by Crippen LogP contribution is 2.27. The molecule has 1 aromatic rings. The van der Waals surface area contributed by atoms with Crippen molar-refractivity contribution in [3.8, 4) is 5.75 Å². The highest BCUT2D eigenvalue weighted by Gasteiger charge is 2.32. The van der Waals surface area contributed by atoms with Crippen molar-refractivity contribution in [3.63, 3.8) is 0 Å². The molecule has 0 atom stereocenters. The minimum atomic E-state index is -3.56. The van der Waals surface area contributed by atoms with Crippen LogP contribution in [0, 0.1) is 12.8 Å². The normalized spacial score (nSPS) is 16.3. The predicted octanol–water partition coefficient (Wildman–Crippen LogP) is 1.95. The van der Waals surface area contributed by atoms with Crippen molar-refractivity contribution < 1.29 is 22.7 Å². The Labute approximate surface area is 162 Å². The van der Waals surface area contributed by atoms with Gasteiger partial charge in [0.1, 0.15) is 5.75 Å². The number of benzene rings is 1. The molecule has 0 radical (unpaired) electrons. The zero-order valence-corrected chi connectivity index (χ0v) is 17.2. The molecule has 1 aliphatic heterocycles. The van der Waals surface area contributed by atoms with Crippen molar-refractivity contribution in [2.24, 2.45) is 5.92 Å². The number of piperidine rings is 1. The monoisotopic (exact) mass is 398 g/mol. The maximum absolute atomic E-state index is 12.9. The molecule has 1 fully saturated rings. The number of hydrogen-bond acceptors (Lipinski definition) is 5. The quantitative estimate of drug-likeness (QED) is 0.643. The molecule has 1 amide bonds. The molecule has 1 aromatic carbocycles. The van der Waals surface area contributed by atoms with E-state index in [0.717, 1.165) is 6.42 Å². The predicted molar refractivity (Wildman–Crippen MR) is 103 cm³/mol. The Morgan fingerprint density at radius 1 is 1.30 bits per heavy atom. The summed E-state index contributed by atoms with van der Waals surface area (Å²) in [6, 6.07) is 4.96. The summed E-state index contributed by atoms with van der Waals surface area (Å²) in [4.78, 5) is 12.5. The summed E-state index contributed by atoms with van der Waals surface area (Å²) < 4.78 is 37.7. The van der Waals surface area contributed by atoms with Gasteiger partial charge in [-0.3, -0.25) is 4.79 Å². The first-order valence-electron chi connectivity index (χ1n) is 9.40. The number of sulfonamides is 1. The lowest BCUT2D eigenvalue weighted by atomic mass is 9.97. The van der Waals surface area contributed by atoms with Gasteiger partial charge in [0, 0.05) is 38.8 Å². The van der Waals surface area contributed by atoms with Crippen LogP contribution in [-0.4, -0.2) is 58.6 Å². The molecule has 27 heavy (non-hydrogen) atoms. The number of ether oxygens (including phenoxy) is 2. The SMILES string of the molecule is CCOCCCNC(=O)C1CCN(S(=O)(=O)c2ccc(OC)cc2C)CC1. The highest BCUT2D eigenvalue weighted by atomic mass is 32.2. The van der Waals surface area contributed by atoms with Gasteiger partial charge in [0.2, 0.25) is 15.9 Å². The third-order valence-electron chi connectivity index (χ3n) is 4.79. The molecule has 0 saturated carbocycles. The van der Waals surface area contributed by atoms with E-state index in [2.05, 4.69) is 5.32 Å². The lowest BCUT2D eigenvalue weighted by molar-refractivity contribution is -0.126. The number of carbonyl (C=O) groups excluding carboxylic acids is 1. The van der Waals surface area contributed by atoms with Crippen LogP contribution in [0.4, 0.5) is 0 Å². The lowest BCUT2D eigenvalue weighted by Gasteiger charge is -2.31. The Bertz CT molecular complexity index is 728. The molecule has 7 nitrogen and oxygen atoms in total. The van der Waals surface area contributed by atoms with Crippen LogP contribution in [0.5, 0.6) is 5.75 Å². The number of carbonyl (C=O) groups is 1. The number of hydrogen-bond donors (Lipinski definition) is 1. The third-order valence-corrected chi connectivity index (χ3v) is 6.85. The van der Waals surface area contributed by atoms with E-state index in [1.165, 1.54) is 4.31 Å². The van der Waals surface area contributed by atoms with Gasteiger partial charge < -0.3 is 14.8 Å². The summed E-state index contributed by atoms with van der Waals surface area (Å²) in [6.07, 6.45) is 1.85. The summed E-state index contributed by atoms with van der Waals surface area (Å²) in [5, 5.41) is 2.92. The largest absolute Gasteiger partial charge is 0.497 e. The molecule has 0 unspecified atom stereocenters. The van der Waals surface area contributed by atoms with Crippen LogP contribution in [0.1, 0.15) is 31.7 Å². The van der Waals surface area contributed by atoms with Gasteiger partial charge in [0.25, 0.3) is 0 Å². The maximum atomic E-state index is 12.9. The molecular weight excluding hydrogens is 368 g/mol. The molecule has 1 aliphatic rings. The molecule has 2 rings (SSSR count). The van der Waals surface area contributed by atoms with E-state index < -0.39 is 10.0 Å². The number of nitrogens with zero attached hydrogens (tertiary/aromatic N) is 1. The second kappa shape index (κ2) is 10.1. The van der Waals surface area contributed by atoms with E-state index in [0.29, 0.717) is 61.9 Å². The van der Waals surface area contributed by atoms with E-state index >= 15 is 0 Å². The fourth-order valence-electron chi connectivity index (χ4n) is 3.21. The highest BCUT2D eigenvalue weighted by molar-refractivity contribution is 7.89. The summed E-state index contributed by atoms with van der Waals surface area (Å²) in [7, 11) is -2.01. The molecule has 8 heteroatoms. The van der Waals surface area contributed by atoms with Gasteiger partial charge in [-0.2, -0.15) is 4.31 Å². The lowest BCUT2D eigenvalue weighted by Crippen LogP contribution is -2.43. The molecular formula is C19H30N2O5S. The number of nitrogens with one attached hydrogen (secondary N) is 1. The second-order valence-corrected chi connectivity index (χ2v) is 8.56. The Balaban J connectivity index is 1.90. The van der Waals surface area contributed by atoms with Crippen molar-refractivity contribution in [3.05, 3.63) is 23.8 Å². The third kappa shape index (κ3) is 5.67. The van der Waals surface area contributed by atoms with Crippen LogP contribution in [-0.2, 0) is 19.6 Å². The average molecular weight is 399 g/mol. The first kappa shape index (κ1) is 21.7. The van der Waals surface area contributed by atoms with E-state index in [1.807, 2.05) is 6.92 Å². The Kier molecular flexibility index (Phi) is 8.07. The van der Waals surface area contributed by atoms with Crippen molar-refractivity contribution in [1.82, 2.24) is 9.62 Å². The van der Waals surface area contributed by atoms with Crippen LogP contribution >= 0.6 is 0 Å². The van der Waals surface area contributed by atoms with Crippen LogP contribution < -0.4 is 10.1 Å². The average Bonchev–Trinajstić information content (AvgIpc) is 2.67. The molecule has 0 bridgehead atoms. The number of amides is 1. The zero-order chi connectivity index (χ0) is 19.9. The molecule has 0 aromatic heterocycles. The van der Waals surface area contributed by atoms with Gasteiger partial charge in [-0.05, 0) is 56.9 Å². The number of aryl methyl sites for hydroxylation is 1.